The molecule has 0 unspecified atom stereocenters. The Labute approximate surface area is 193 Å². The monoisotopic (exact) mass is 440 g/mol. The Kier molecular flexibility index (Phi) is 6.54. The largest absolute Gasteiger partial charge is 0.352 e. The SMILES string of the molecule is Cc1ccc(C(=O)NCCc2nc3ccccc3n2CC(=O)Nc2cc(C)cc(C)c2)cc1. The normalized spacial score (nSPS) is 10.9. The van der Waals surface area contributed by atoms with Crippen LogP contribution in [-0.4, -0.2) is 27.9 Å². The van der Waals surface area contributed by atoms with Crippen molar-refractivity contribution in [1.29, 1.82) is 0 Å². The van der Waals surface area contributed by atoms with Crippen molar-refractivity contribution in [3.8, 4) is 0 Å². The van der Waals surface area contributed by atoms with Crippen LogP contribution in [0.3, 0.4) is 0 Å². The lowest BCUT2D eigenvalue weighted by atomic mass is 10.1. The molecule has 0 saturated heterocycles. The molecular formula is C27H28N4O2. The van der Waals surface area contributed by atoms with Crippen LogP contribution in [0.2, 0.25) is 0 Å². The van der Waals surface area contributed by atoms with Gasteiger partial charge in [0.1, 0.15) is 12.4 Å². The van der Waals surface area contributed by atoms with Gasteiger partial charge in [0.05, 0.1) is 11.0 Å². The van der Waals surface area contributed by atoms with Crippen LogP contribution in [0.25, 0.3) is 11.0 Å². The molecule has 0 aliphatic rings. The van der Waals surface area contributed by atoms with Crippen molar-refractivity contribution in [3.63, 3.8) is 0 Å². The Bertz CT molecular complexity index is 1290. The van der Waals surface area contributed by atoms with Crippen molar-refractivity contribution >= 4 is 28.5 Å². The molecule has 0 saturated carbocycles. The maximum Gasteiger partial charge on any atom is 0.251 e. The molecule has 4 rings (SSSR count). The number of rotatable bonds is 7. The van der Waals surface area contributed by atoms with E-state index in [-0.39, 0.29) is 18.4 Å². The van der Waals surface area contributed by atoms with Crippen molar-refractivity contribution in [2.75, 3.05) is 11.9 Å². The zero-order valence-corrected chi connectivity index (χ0v) is 19.2. The zero-order chi connectivity index (χ0) is 23.4. The fraction of sp³-hybridized carbons (Fsp3) is 0.222. The average molecular weight is 441 g/mol. The molecule has 0 aliphatic carbocycles. The molecule has 6 nitrogen and oxygen atoms in total. The number of nitrogens with one attached hydrogen (secondary N) is 2. The molecule has 33 heavy (non-hydrogen) atoms. The maximum absolute atomic E-state index is 12.9. The third kappa shape index (κ3) is 5.47. The van der Waals surface area contributed by atoms with E-state index >= 15 is 0 Å². The van der Waals surface area contributed by atoms with E-state index in [4.69, 9.17) is 4.98 Å². The molecule has 1 heterocycles. The van der Waals surface area contributed by atoms with Crippen molar-refractivity contribution in [2.45, 2.75) is 33.7 Å². The predicted octanol–water partition coefficient (Wildman–Crippen LogP) is 4.57. The van der Waals surface area contributed by atoms with E-state index in [0.717, 1.165) is 39.2 Å². The van der Waals surface area contributed by atoms with Gasteiger partial charge in [-0.2, -0.15) is 0 Å². The van der Waals surface area contributed by atoms with Crippen molar-refractivity contribution in [3.05, 3.63) is 94.8 Å². The fourth-order valence-corrected chi connectivity index (χ4v) is 3.98. The van der Waals surface area contributed by atoms with E-state index in [1.54, 1.807) is 0 Å². The number of imidazole rings is 1. The van der Waals surface area contributed by atoms with Crippen molar-refractivity contribution < 1.29 is 9.59 Å². The third-order valence-electron chi connectivity index (χ3n) is 5.49. The number of nitrogens with zero attached hydrogens (tertiary/aromatic N) is 2. The number of carbonyl (C=O) groups is 2. The summed E-state index contributed by atoms with van der Waals surface area (Å²) >= 11 is 0. The number of para-hydroxylation sites is 2. The first kappa shape index (κ1) is 22.3. The van der Waals surface area contributed by atoms with Crippen molar-refractivity contribution in [2.24, 2.45) is 0 Å². The molecule has 2 N–H and O–H groups in total. The number of anilines is 1. The van der Waals surface area contributed by atoms with E-state index in [0.29, 0.717) is 18.5 Å². The molecular weight excluding hydrogens is 412 g/mol. The Morgan fingerprint density at radius 3 is 2.30 bits per heavy atom. The van der Waals surface area contributed by atoms with E-state index < -0.39 is 0 Å². The number of benzene rings is 3. The second-order valence-electron chi connectivity index (χ2n) is 8.40. The molecule has 1 aromatic heterocycles. The average Bonchev–Trinajstić information content (AvgIpc) is 3.10. The number of aryl methyl sites for hydroxylation is 3. The molecule has 0 fully saturated rings. The smallest absolute Gasteiger partial charge is 0.251 e. The number of amides is 2. The van der Waals surface area contributed by atoms with Crippen LogP contribution in [0.5, 0.6) is 0 Å². The van der Waals surface area contributed by atoms with Gasteiger partial charge in [-0.25, -0.2) is 4.98 Å². The Balaban J connectivity index is 1.47. The van der Waals surface area contributed by atoms with E-state index in [1.165, 1.54) is 0 Å². The van der Waals surface area contributed by atoms with E-state index in [9.17, 15) is 9.59 Å². The Morgan fingerprint density at radius 1 is 0.879 bits per heavy atom. The van der Waals surface area contributed by atoms with Crippen molar-refractivity contribution in [1.82, 2.24) is 14.9 Å². The minimum Gasteiger partial charge on any atom is -0.352 e. The summed E-state index contributed by atoms with van der Waals surface area (Å²) in [4.78, 5) is 30.0. The molecule has 6 heteroatoms. The molecule has 4 aromatic rings. The summed E-state index contributed by atoms with van der Waals surface area (Å²) in [6.07, 6.45) is 0.517. The summed E-state index contributed by atoms with van der Waals surface area (Å²) in [5, 5.41) is 5.95. The van der Waals surface area contributed by atoms with Gasteiger partial charge in [0, 0.05) is 24.2 Å². The van der Waals surface area contributed by atoms with E-state index in [2.05, 4.69) is 16.7 Å². The van der Waals surface area contributed by atoms with Gasteiger partial charge >= 0.3 is 0 Å². The molecule has 2 amide bonds. The Morgan fingerprint density at radius 2 is 1.58 bits per heavy atom. The quantitative estimate of drug-likeness (QED) is 0.442. The third-order valence-corrected chi connectivity index (χ3v) is 5.49. The predicted molar refractivity (Wildman–Crippen MR) is 131 cm³/mol. The van der Waals surface area contributed by atoms with Crippen LogP contribution in [0.4, 0.5) is 5.69 Å². The lowest BCUT2D eigenvalue weighted by Gasteiger charge is -2.12. The molecule has 0 atom stereocenters. The number of fused-ring (bicyclic) bond motifs is 1. The van der Waals surface area contributed by atoms with Crippen LogP contribution in [0.1, 0.15) is 32.9 Å². The molecule has 0 spiro atoms. The van der Waals surface area contributed by atoms with Crippen LogP contribution < -0.4 is 10.6 Å². The Hall–Kier alpha value is -3.93. The first-order chi connectivity index (χ1) is 15.9. The highest BCUT2D eigenvalue weighted by Crippen LogP contribution is 2.18. The van der Waals surface area contributed by atoms with Gasteiger partial charge < -0.3 is 15.2 Å². The zero-order valence-electron chi connectivity index (χ0n) is 19.2. The van der Waals surface area contributed by atoms with Crippen LogP contribution in [0, 0.1) is 20.8 Å². The van der Waals surface area contributed by atoms with E-state index in [1.807, 2.05) is 86.0 Å². The van der Waals surface area contributed by atoms with Gasteiger partial charge in [-0.15, -0.1) is 0 Å². The number of hydrogen-bond acceptors (Lipinski definition) is 3. The first-order valence-electron chi connectivity index (χ1n) is 11.1. The summed E-state index contributed by atoms with van der Waals surface area (Å²) in [5.41, 5.74) is 6.45. The molecule has 0 radical (unpaired) electrons. The minimum atomic E-state index is -0.120. The maximum atomic E-state index is 12.9. The van der Waals surface area contributed by atoms with Gasteiger partial charge in [-0.3, -0.25) is 9.59 Å². The standard InChI is InChI=1S/C27H28N4O2/c1-18-8-10-21(11-9-18)27(33)28-13-12-25-30-23-6-4-5-7-24(23)31(25)17-26(32)29-22-15-19(2)14-20(3)16-22/h4-11,14-16H,12-13,17H2,1-3H3,(H,28,33)(H,29,32). The van der Waals surface area contributed by atoms with Crippen LogP contribution in [0.15, 0.2) is 66.7 Å². The van der Waals surface area contributed by atoms with Gasteiger partial charge in [0.2, 0.25) is 5.91 Å². The summed E-state index contributed by atoms with van der Waals surface area (Å²) in [6, 6.07) is 21.2. The highest BCUT2D eigenvalue weighted by molar-refractivity contribution is 5.94. The van der Waals surface area contributed by atoms with Gasteiger partial charge in [0.15, 0.2) is 0 Å². The topological polar surface area (TPSA) is 76.0 Å². The lowest BCUT2D eigenvalue weighted by Crippen LogP contribution is -2.27. The summed E-state index contributed by atoms with van der Waals surface area (Å²) < 4.78 is 1.92. The highest BCUT2D eigenvalue weighted by Gasteiger charge is 2.14. The fourth-order valence-electron chi connectivity index (χ4n) is 3.98. The number of hydrogen-bond donors (Lipinski definition) is 2. The summed E-state index contributed by atoms with van der Waals surface area (Å²) in [7, 11) is 0. The first-order valence-corrected chi connectivity index (χ1v) is 11.1. The van der Waals surface area contributed by atoms with Crippen LogP contribution >= 0.6 is 0 Å². The van der Waals surface area contributed by atoms with Crippen LogP contribution in [-0.2, 0) is 17.8 Å². The summed E-state index contributed by atoms with van der Waals surface area (Å²) in [6.45, 7) is 6.58. The second kappa shape index (κ2) is 9.69. The number of aromatic nitrogens is 2. The van der Waals surface area contributed by atoms with Gasteiger partial charge in [-0.05, 0) is 68.3 Å². The second-order valence-corrected chi connectivity index (χ2v) is 8.40. The molecule has 0 aliphatic heterocycles. The van der Waals surface area contributed by atoms with Gasteiger partial charge in [0.25, 0.3) is 5.91 Å². The number of carbonyl (C=O) groups excluding carboxylic acids is 2. The molecule has 168 valence electrons. The lowest BCUT2D eigenvalue weighted by molar-refractivity contribution is -0.116. The highest BCUT2D eigenvalue weighted by atomic mass is 16.2. The van der Waals surface area contributed by atoms with Gasteiger partial charge in [-0.1, -0.05) is 35.9 Å². The molecule has 3 aromatic carbocycles. The molecule has 0 bridgehead atoms. The summed E-state index contributed by atoms with van der Waals surface area (Å²) in [5.74, 6) is 0.522. The minimum absolute atomic E-state index is 0.118.